The number of nitrogens with one attached hydrogen (secondary N) is 2. The van der Waals surface area contributed by atoms with Crippen LogP contribution in [-0.4, -0.2) is 65.3 Å². The number of carboxylic acids is 2. The molecule has 0 aromatic heterocycles. The molecule has 236 valence electrons. The summed E-state index contributed by atoms with van der Waals surface area (Å²) >= 11 is 5.95. The number of amides is 1. The smallest absolute Gasteiger partial charge is 0.481 e. The highest BCUT2D eigenvalue weighted by Gasteiger charge is 2.38. The number of carbonyl (C=O) groups is 3. The second-order valence-corrected chi connectivity index (χ2v) is 10.3. The molecule has 1 amide bonds. The van der Waals surface area contributed by atoms with Crippen molar-refractivity contribution < 1.29 is 37.8 Å². The Hall–Kier alpha value is -4.19. The highest BCUT2D eigenvalue weighted by molar-refractivity contribution is 6.30. The summed E-state index contributed by atoms with van der Waals surface area (Å²) in [5.74, 6) is -3.74. The van der Waals surface area contributed by atoms with Gasteiger partial charge < -0.3 is 20.8 Å². The molecule has 1 saturated heterocycles. The lowest BCUT2D eigenvalue weighted by atomic mass is 10.0. The number of carbonyl (C=O) groups excluding carboxylic acids is 1. The van der Waals surface area contributed by atoms with Crippen molar-refractivity contribution in [2.24, 2.45) is 0 Å². The first-order valence-corrected chi connectivity index (χ1v) is 14.0. The van der Waals surface area contributed by atoms with E-state index in [4.69, 9.17) is 31.4 Å². The molecule has 0 unspecified atom stereocenters. The van der Waals surface area contributed by atoms with Crippen LogP contribution in [0.1, 0.15) is 30.9 Å². The molecule has 1 aliphatic heterocycles. The number of benzene rings is 3. The number of anilines is 1. The molecule has 12 heteroatoms. The maximum atomic E-state index is 12.3. The van der Waals surface area contributed by atoms with Crippen LogP contribution in [0.5, 0.6) is 0 Å². The maximum Gasteiger partial charge on any atom is 0.490 e. The highest BCUT2D eigenvalue weighted by atomic mass is 35.5. The van der Waals surface area contributed by atoms with E-state index in [9.17, 15) is 18.0 Å². The van der Waals surface area contributed by atoms with Crippen LogP contribution in [0.25, 0.3) is 17.2 Å². The third-order valence-electron chi connectivity index (χ3n) is 6.34. The molecule has 0 radical (unpaired) electrons. The normalized spacial score (nSPS) is 13.3. The fourth-order valence-corrected chi connectivity index (χ4v) is 4.27. The van der Waals surface area contributed by atoms with Crippen LogP contribution in [0, 0.1) is 0 Å². The van der Waals surface area contributed by atoms with Crippen molar-refractivity contribution in [1.29, 1.82) is 0 Å². The predicted molar refractivity (Wildman–Crippen MR) is 165 cm³/mol. The molecule has 0 bridgehead atoms. The molecule has 0 spiro atoms. The van der Waals surface area contributed by atoms with E-state index < -0.39 is 18.1 Å². The summed E-state index contributed by atoms with van der Waals surface area (Å²) in [5.41, 5.74) is 5.22. The highest BCUT2D eigenvalue weighted by Crippen LogP contribution is 2.23. The number of halogens is 4. The summed E-state index contributed by atoms with van der Waals surface area (Å²) in [5, 5.41) is 21.6. The minimum atomic E-state index is -5.08. The van der Waals surface area contributed by atoms with Crippen LogP contribution in [0.2, 0.25) is 5.02 Å². The molecule has 1 aliphatic rings. The molecule has 3 aromatic rings. The van der Waals surface area contributed by atoms with Gasteiger partial charge in [0.2, 0.25) is 5.91 Å². The fourth-order valence-electron chi connectivity index (χ4n) is 4.14. The van der Waals surface area contributed by atoms with Crippen LogP contribution in [0.3, 0.4) is 0 Å². The summed E-state index contributed by atoms with van der Waals surface area (Å²) in [6.45, 7) is 4.24. The lowest BCUT2D eigenvalue weighted by molar-refractivity contribution is -0.192. The molecule has 0 saturated carbocycles. The minimum Gasteiger partial charge on any atom is -0.481 e. The number of carboxylic acid groups (broad SMARTS) is 2. The summed E-state index contributed by atoms with van der Waals surface area (Å²) in [7, 11) is 2.20. The standard InChI is InChI=1S/C28H30ClN3O.C2HF3O2.C2H4O2/c1-32(27-16-18-30-19-17-27)20-22-4-2-21(3-5-22)6-15-28(33)31-26-13-9-24(10-14-26)23-7-11-25(29)12-8-23;3-2(4,5)1(6)7;1-2(3)4/h2-15,27,30H,16-20H2,1H3,(H,31,33);(H,6,7);1H3,(H,3,4). The van der Waals surface area contributed by atoms with E-state index in [-0.39, 0.29) is 5.91 Å². The van der Waals surface area contributed by atoms with Gasteiger partial charge in [-0.15, -0.1) is 0 Å². The van der Waals surface area contributed by atoms with Gasteiger partial charge in [0.1, 0.15) is 0 Å². The number of rotatable bonds is 7. The SMILES string of the molecule is CC(=O)O.CN(Cc1ccc(C=CC(=O)Nc2ccc(-c3ccc(Cl)cc3)cc2)cc1)C1CCNCC1.O=C(O)C(F)(F)F. The van der Waals surface area contributed by atoms with E-state index >= 15 is 0 Å². The third-order valence-corrected chi connectivity index (χ3v) is 6.60. The Bertz CT molecular complexity index is 1370. The van der Waals surface area contributed by atoms with Gasteiger partial charge in [-0.2, -0.15) is 13.2 Å². The first-order chi connectivity index (χ1) is 20.7. The van der Waals surface area contributed by atoms with Crippen LogP contribution >= 0.6 is 11.6 Å². The Morgan fingerprint density at radius 3 is 1.89 bits per heavy atom. The van der Waals surface area contributed by atoms with Crippen molar-refractivity contribution >= 4 is 41.2 Å². The molecule has 0 aliphatic carbocycles. The van der Waals surface area contributed by atoms with Gasteiger partial charge in [0.15, 0.2) is 0 Å². The number of aliphatic carboxylic acids is 2. The van der Waals surface area contributed by atoms with E-state index in [2.05, 4.69) is 46.8 Å². The van der Waals surface area contributed by atoms with E-state index in [0.717, 1.165) is 48.9 Å². The predicted octanol–water partition coefficient (Wildman–Crippen LogP) is 6.57. The average Bonchev–Trinajstić information content (AvgIpc) is 2.98. The third kappa shape index (κ3) is 13.9. The van der Waals surface area contributed by atoms with Crippen LogP contribution in [0.15, 0.2) is 78.9 Å². The van der Waals surface area contributed by atoms with Gasteiger partial charge in [-0.05, 0) is 85.6 Å². The van der Waals surface area contributed by atoms with Gasteiger partial charge in [-0.3, -0.25) is 14.5 Å². The van der Waals surface area contributed by atoms with E-state index in [0.29, 0.717) is 11.1 Å². The zero-order chi connectivity index (χ0) is 32.7. The fraction of sp³-hybridized carbons (Fsp3) is 0.281. The van der Waals surface area contributed by atoms with Crippen molar-refractivity contribution in [3.63, 3.8) is 0 Å². The molecule has 0 atom stereocenters. The van der Waals surface area contributed by atoms with E-state index in [1.807, 2.05) is 54.6 Å². The summed E-state index contributed by atoms with van der Waals surface area (Å²) in [6, 6.07) is 24.6. The number of alkyl halides is 3. The largest absolute Gasteiger partial charge is 0.490 e. The Kier molecular flexibility index (Phi) is 14.6. The molecule has 44 heavy (non-hydrogen) atoms. The number of piperidine rings is 1. The molecule has 4 N–H and O–H groups in total. The Labute approximate surface area is 259 Å². The lowest BCUT2D eigenvalue weighted by Gasteiger charge is -2.31. The van der Waals surface area contributed by atoms with Crippen molar-refractivity contribution in [3.8, 4) is 11.1 Å². The van der Waals surface area contributed by atoms with Gasteiger partial charge in [0.25, 0.3) is 5.97 Å². The van der Waals surface area contributed by atoms with Gasteiger partial charge >= 0.3 is 12.1 Å². The Balaban J connectivity index is 0.000000526. The van der Waals surface area contributed by atoms with E-state index in [1.54, 1.807) is 6.08 Å². The van der Waals surface area contributed by atoms with Crippen LogP contribution in [0.4, 0.5) is 18.9 Å². The number of hydrogen-bond donors (Lipinski definition) is 4. The monoisotopic (exact) mass is 633 g/mol. The first-order valence-electron chi connectivity index (χ1n) is 13.6. The van der Waals surface area contributed by atoms with Crippen molar-refractivity contribution in [1.82, 2.24) is 10.2 Å². The summed E-state index contributed by atoms with van der Waals surface area (Å²) in [6.07, 6.45) is 0.744. The summed E-state index contributed by atoms with van der Waals surface area (Å²) < 4.78 is 31.7. The second-order valence-electron chi connectivity index (χ2n) is 9.87. The molecule has 3 aromatic carbocycles. The molecule has 1 heterocycles. The van der Waals surface area contributed by atoms with Gasteiger partial charge in [0, 0.05) is 36.3 Å². The molecule has 8 nitrogen and oxygen atoms in total. The van der Waals surface area contributed by atoms with Crippen molar-refractivity contribution in [3.05, 3.63) is 95.0 Å². The number of hydrogen-bond acceptors (Lipinski definition) is 5. The number of nitrogens with zero attached hydrogens (tertiary/aromatic N) is 1. The van der Waals surface area contributed by atoms with Crippen molar-refractivity contribution in [2.45, 2.75) is 38.5 Å². The maximum absolute atomic E-state index is 12.3. The minimum absolute atomic E-state index is 0.149. The van der Waals surface area contributed by atoms with Gasteiger partial charge in [-0.1, -0.05) is 60.1 Å². The topological polar surface area (TPSA) is 119 Å². The first kappa shape index (κ1) is 36.0. The Morgan fingerprint density at radius 2 is 1.41 bits per heavy atom. The van der Waals surface area contributed by atoms with E-state index in [1.165, 1.54) is 18.4 Å². The molecular weight excluding hydrogens is 599 g/mol. The zero-order valence-electron chi connectivity index (χ0n) is 24.3. The second kappa shape index (κ2) is 17.8. The van der Waals surface area contributed by atoms with Crippen molar-refractivity contribution in [2.75, 3.05) is 25.5 Å². The lowest BCUT2D eigenvalue weighted by Crippen LogP contribution is -2.40. The van der Waals surface area contributed by atoms with Gasteiger partial charge in [0.05, 0.1) is 0 Å². The molecule has 4 rings (SSSR count). The average molecular weight is 634 g/mol. The molecule has 1 fully saturated rings. The van der Waals surface area contributed by atoms with Crippen LogP contribution in [-0.2, 0) is 20.9 Å². The zero-order valence-corrected chi connectivity index (χ0v) is 25.0. The van der Waals surface area contributed by atoms with Crippen LogP contribution < -0.4 is 10.6 Å². The Morgan fingerprint density at radius 1 is 0.932 bits per heavy atom. The van der Waals surface area contributed by atoms with Gasteiger partial charge in [-0.25, -0.2) is 4.79 Å². The summed E-state index contributed by atoms with van der Waals surface area (Å²) in [4.78, 5) is 32.7. The quantitative estimate of drug-likeness (QED) is 0.217. The molecular formula is C32H35ClF3N3O5.